The molecule has 0 heterocycles. The number of ether oxygens (including phenoxy) is 1. The molecule has 1 rings (SSSR count). The zero-order valence-corrected chi connectivity index (χ0v) is 8.69. The van der Waals surface area contributed by atoms with Crippen LogP contribution in [0.25, 0.3) is 0 Å². The summed E-state index contributed by atoms with van der Waals surface area (Å²) in [5.74, 6) is -0.124. The Kier molecular flexibility index (Phi) is 3.97. The summed E-state index contributed by atoms with van der Waals surface area (Å²) in [5.41, 5.74) is 6.67. The number of methoxy groups -OCH3 is 1. The van der Waals surface area contributed by atoms with E-state index in [2.05, 4.69) is 4.74 Å². The number of aryl methyl sites for hydroxylation is 1. The zero-order chi connectivity index (χ0) is 11.3. The quantitative estimate of drug-likeness (QED) is 0.447. The first-order valence-corrected chi connectivity index (χ1v) is 4.78. The van der Waals surface area contributed by atoms with E-state index in [1.165, 1.54) is 7.11 Å². The van der Waals surface area contributed by atoms with Gasteiger partial charge in [0.15, 0.2) is 0 Å². The number of nitrogens with two attached hydrogens (primary N) is 1. The number of anilines is 1. The molecule has 0 atom stereocenters. The molecule has 0 amide bonds. The van der Waals surface area contributed by atoms with Gasteiger partial charge in [0.25, 0.3) is 0 Å². The number of para-hydroxylation sites is 1. The van der Waals surface area contributed by atoms with Gasteiger partial charge in [0, 0.05) is 6.42 Å². The Morgan fingerprint density at radius 2 is 2.27 bits per heavy atom. The molecule has 0 aliphatic heterocycles. The maximum absolute atomic E-state index is 10.8. The van der Waals surface area contributed by atoms with Crippen molar-refractivity contribution in [3.05, 3.63) is 23.8 Å². The van der Waals surface area contributed by atoms with Gasteiger partial charge in [0.1, 0.15) is 5.75 Å². The maximum atomic E-state index is 10.8. The number of hydrogen-bond donors (Lipinski definition) is 2. The van der Waals surface area contributed by atoms with Crippen molar-refractivity contribution in [2.45, 2.75) is 19.3 Å². The number of carbonyl (C=O) groups excluding carboxylic acids is 1. The van der Waals surface area contributed by atoms with Crippen LogP contribution in [0.2, 0.25) is 0 Å². The summed E-state index contributed by atoms with van der Waals surface area (Å²) in [6, 6.07) is 5.21. The largest absolute Gasteiger partial charge is 0.506 e. The van der Waals surface area contributed by atoms with Crippen molar-refractivity contribution in [2.75, 3.05) is 12.8 Å². The molecule has 0 saturated carbocycles. The predicted molar refractivity (Wildman–Crippen MR) is 57.5 cm³/mol. The van der Waals surface area contributed by atoms with Gasteiger partial charge in [0.05, 0.1) is 12.8 Å². The van der Waals surface area contributed by atoms with Gasteiger partial charge in [-0.1, -0.05) is 12.1 Å². The summed E-state index contributed by atoms with van der Waals surface area (Å²) in [6.07, 6.45) is 1.61. The summed E-state index contributed by atoms with van der Waals surface area (Å²) in [7, 11) is 1.36. The van der Waals surface area contributed by atoms with Gasteiger partial charge < -0.3 is 15.6 Å². The number of benzene rings is 1. The Balaban J connectivity index is 2.51. The van der Waals surface area contributed by atoms with Crippen molar-refractivity contribution >= 4 is 11.7 Å². The minimum atomic E-state index is -0.238. The van der Waals surface area contributed by atoms with Crippen LogP contribution in [0, 0.1) is 0 Å². The van der Waals surface area contributed by atoms with Crippen LogP contribution in [0.4, 0.5) is 5.69 Å². The molecule has 0 bridgehead atoms. The lowest BCUT2D eigenvalue weighted by atomic mass is 10.1. The number of esters is 1. The van der Waals surface area contributed by atoms with E-state index in [0.717, 1.165) is 5.56 Å². The first kappa shape index (κ1) is 11.4. The van der Waals surface area contributed by atoms with E-state index in [1.54, 1.807) is 18.2 Å². The van der Waals surface area contributed by atoms with Gasteiger partial charge in [-0.05, 0) is 24.5 Å². The molecule has 0 unspecified atom stereocenters. The third kappa shape index (κ3) is 3.16. The number of phenols is 1. The van der Waals surface area contributed by atoms with E-state index < -0.39 is 0 Å². The Morgan fingerprint density at radius 3 is 2.93 bits per heavy atom. The highest BCUT2D eigenvalue weighted by molar-refractivity contribution is 5.69. The van der Waals surface area contributed by atoms with Gasteiger partial charge in [-0.3, -0.25) is 4.79 Å². The van der Waals surface area contributed by atoms with E-state index in [-0.39, 0.29) is 11.7 Å². The summed E-state index contributed by atoms with van der Waals surface area (Å²) in [4.78, 5) is 10.8. The van der Waals surface area contributed by atoms with Crippen LogP contribution in [-0.2, 0) is 16.0 Å². The molecular weight excluding hydrogens is 194 g/mol. The second kappa shape index (κ2) is 5.24. The normalized spacial score (nSPS) is 9.93. The molecule has 1 aromatic rings. The Hall–Kier alpha value is -1.71. The smallest absolute Gasteiger partial charge is 0.305 e. The monoisotopic (exact) mass is 209 g/mol. The number of carbonyl (C=O) groups is 1. The molecule has 0 radical (unpaired) electrons. The molecule has 4 nitrogen and oxygen atoms in total. The molecule has 1 aromatic carbocycles. The molecule has 0 aromatic heterocycles. The molecule has 82 valence electrons. The lowest BCUT2D eigenvalue weighted by Gasteiger charge is -2.05. The molecule has 4 heteroatoms. The molecule has 0 saturated heterocycles. The second-order valence-corrected chi connectivity index (χ2v) is 3.28. The van der Waals surface area contributed by atoms with Crippen molar-refractivity contribution < 1.29 is 14.6 Å². The predicted octanol–water partition coefficient (Wildman–Crippen LogP) is 1.47. The minimum Gasteiger partial charge on any atom is -0.506 e. The van der Waals surface area contributed by atoms with Crippen LogP contribution in [0.5, 0.6) is 5.75 Å². The van der Waals surface area contributed by atoms with Crippen molar-refractivity contribution in [3.63, 3.8) is 0 Å². The summed E-state index contributed by atoms with van der Waals surface area (Å²) >= 11 is 0. The maximum Gasteiger partial charge on any atom is 0.305 e. The zero-order valence-electron chi connectivity index (χ0n) is 8.69. The molecule has 0 spiro atoms. The third-order valence-corrected chi connectivity index (χ3v) is 2.21. The van der Waals surface area contributed by atoms with Gasteiger partial charge in [-0.25, -0.2) is 0 Å². The second-order valence-electron chi connectivity index (χ2n) is 3.28. The Morgan fingerprint density at radius 1 is 1.53 bits per heavy atom. The van der Waals surface area contributed by atoms with Crippen molar-refractivity contribution in [1.82, 2.24) is 0 Å². The van der Waals surface area contributed by atoms with Crippen LogP contribution in [0.3, 0.4) is 0 Å². The number of rotatable bonds is 4. The fourth-order valence-electron chi connectivity index (χ4n) is 1.34. The van der Waals surface area contributed by atoms with Crippen molar-refractivity contribution in [3.8, 4) is 5.75 Å². The first-order valence-electron chi connectivity index (χ1n) is 4.78. The average molecular weight is 209 g/mol. The van der Waals surface area contributed by atoms with E-state index >= 15 is 0 Å². The van der Waals surface area contributed by atoms with Crippen molar-refractivity contribution in [1.29, 1.82) is 0 Å². The fraction of sp³-hybridized carbons (Fsp3) is 0.364. The van der Waals surface area contributed by atoms with E-state index in [0.29, 0.717) is 24.9 Å². The van der Waals surface area contributed by atoms with Crippen LogP contribution in [0.1, 0.15) is 18.4 Å². The minimum absolute atomic E-state index is 0.113. The molecular formula is C11H15NO3. The standard InChI is InChI=1S/C11H15NO3/c1-15-10(13)7-3-5-8-4-2-6-9(12)11(8)14/h2,4,6,14H,3,5,7,12H2,1H3. The first-order chi connectivity index (χ1) is 7.15. The van der Waals surface area contributed by atoms with Gasteiger partial charge >= 0.3 is 5.97 Å². The average Bonchev–Trinajstić information content (AvgIpc) is 2.24. The number of hydrogen-bond acceptors (Lipinski definition) is 4. The van der Waals surface area contributed by atoms with Crippen LogP contribution < -0.4 is 5.73 Å². The van der Waals surface area contributed by atoms with E-state index in [4.69, 9.17) is 5.73 Å². The van der Waals surface area contributed by atoms with Gasteiger partial charge in [-0.2, -0.15) is 0 Å². The Labute approximate surface area is 88.7 Å². The number of phenolic OH excluding ortho intramolecular Hbond substituents is 1. The summed E-state index contributed by atoms with van der Waals surface area (Å²) in [6.45, 7) is 0. The third-order valence-electron chi connectivity index (χ3n) is 2.21. The molecule has 0 fully saturated rings. The molecule has 3 N–H and O–H groups in total. The van der Waals surface area contributed by atoms with Crippen LogP contribution >= 0.6 is 0 Å². The summed E-state index contributed by atoms with van der Waals surface area (Å²) < 4.78 is 4.52. The van der Waals surface area contributed by atoms with Gasteiger partial charge in [-0.15, -0.1) is 0 Å². The highest BCUT2D eigenvalue weighted by Crippen LogP contribution is 2.25. The lowest BCUT2D eigenvalue weighted by molar-refractivity contribution is -0.140. The molecule has 15 heavy (non-hydrogen) atoms. The SMILES string of the molecule is COC(=O)CCCc1cccc(N)c1O. The number of aromatic hydroxyl groups is 1. The highest BCUT2D eigenvalue weighted by atomic mass is 16.5. The molecule has 0 aliphatic rings. The van der Waals surface area contributed by atoms with Gasteiger partial charge in [0.2, 0.25) is 0 Å². The topological polar surface area (TPSA) is 72.5 Å². The Bertz CT molecular complexity index is 350. The highest BCUT2D eigenvalue weighted by Gasteiger charge is 2.05. The number of nitrogen functional groups attached to an aromatic ring is 1. The van der Waals surface area contributed by atoms with E-state index in [1.807, 2.05) is 0 Å². The molecule has 0 aliphatic carbocycles. The fourth-order valence-corrected chi connectivity index (χ4v) is 1.34. The summed E-state index contributed by atoms with van der Waals surface area (Å²) in [5, 5.41) is 9.58. The van der Waals surface area contributed by atoms with Crippen LogP contribution in [0.15, 0.2) is 18.2 Å². The lowest BCUT2D eigenvalue weighted by Crippen LogP contribution is -2.00. The van der Waals surface area contributed by atoms with Crippen LogP contribution in [-0.4, -0.2) is 18.2 Å². The van der Waals surface area contributed by atoms with Crippen molar-refractivity contribution in [2.24, 2.45) is 0 Å². The van der Waals surface area contributed by atoms with E-state index in [9.17, 15) is 9.90 Å².